The topological polar surface area (TPSA) is 70.6 Å². The van der Waals surface area contributed by atoms with E-state index in [0.717, 1.165) is 19.5 Å². The van der Waals surface area contributed by atoms with E-state index in [1.807, 2.05) is 20.8 Å². The second-order valence-electron chi connectivity index (χ2n) is 5.58. The maximum Gasteiger partial charge on any atom is 0.407 e. The Kier molecular flexibility index (Phi) is 5.21. The van der Waals surface area contributed by atoms with E-state index in [1.54, 1.807) is 0 Å². The number of carbonyl (C=O) groups excluding carboxylic acids is 1. The van der Waals surface area contributed by atoms with Crippen molar-refractivity contribution < 1.29 is 14.6 Å². The smallest absolute Gasteiger partial charge is 0.407 e. The monoisotopic (exact) mass is 244 g/mol. The molecule has 1 amide bonds. The van der Waals surface area contributed by atoms with Crippen LogP contribution < -0.4 is 10.6 Å². The van der Waals surface area contributed by atoms with Crippen LogP contribution in [0.4, 0.5) is 4.79 Å². The molecule has 1 aliphatic heterocycles. The van der Waals surface area contributed by atoms with Crippen LogP contribution in [0.25, 0.3) is 0 Å². The van der Waals surface area contributed by atoms with E-state index in [1.165, 1.54) is 0 Å². The molecule has 1 rings (SSSR count). The predicted octanol–water partition coefficient (Wildman–Crippen LogP) is 0.729. The molecular weight excluding hydrogens is 220 g/mol. The molecule has 17 heavy (non-hydrogen) atoms. The first-order valence-electron chi connectivity index (χ1n) is 6.21. The number of nitrogens with one attached hydrogen (secondary N) is 2. The van der Waals surface area contributed by atoms with Crippen LogP contribution >= 0.6 is 0 Å². The average Bonchev–Trinajstić information content (AvgIpc) is 2.24. The van der Waals surface area contributed by atoms with Gasteiger partial charge in [-0.15, -0.1) is 0 Å². The van der Waals surface area contributed by atoms with Crippen LogP contribution in [0.5, 0.6) is 0 Å². The zero-order chi connectivity index (χ0) is 12.9. The van der Waals surface area contributed by atoms with Gasteiger partial charge < -0.3 is 20.5 Å². The van der Waals surface area contributed by atoms with E-state index in [4.69, 9.17) is 4.74 Å². The van der Waals surface area contributed by atoms with E-state index < -0.39 is 5.60 Å². The number of aliphatic hydroxyl groups is 1. The van der Waals surface area contributed by atoms with Gasteiger partial charge in [0, 0.05) is 19.7 Å². The van der Waals surface area contributed by atoms with E-state index in [-0.39, 0.29) is 18.6 Å². The molecule has 0 aromatic carbocycles. The first-order chi connectivity index (χ1) is 7.92. The Morgan fingerprint density at radius 1 is 1.47 bits per heavy atom. The third kappa shape index (κ3) is 5.37. The number of ether oxygens (including phenoxy) is 1. The van der Waals surface area contributed by atoms with Gasteiger partial charge in [-0.3, -0.25) is 0 Å². The van der Waals surface area contributed by atoms with Gasteiger partial charge >= 0.3 is 6.09 Å². The summed E-state index contributed by atoms with van der Waals surface area (Å²) >= 11 is 0. The second-order valence-corrected chi connectivity index (χ2v) is 5.58. The standard InChI is InChI=1S/C12H24N2O3/c1-12(2,3)17-11(16)14-7-9-4-5-13-6-10(9)8-15/h9-10,13,15H,4-8H2,1-3H3,(H,14,16)/t9-,10+/m0/s1. The molecule has 1 heterocycles. The lowest BCUT2D eigenvalue weighted by Crippen LogP contribution is -2.44. The third-order valence-electron chi connectivity index (χ3n) is 2.91. The summed E-state index contributed by atoms with van der Waals surface area (Å²) in [7, 11) is 0. The van der Waals surface area contributed by atoms with Crippen LogP contribution in [0.3, 0.4) is 0 Å². The maximum atomic E-state index is 11.5. The SMILES string of the molecule is CC(C)(C)OC(=O)NC[C@@H]1CCNC[C@@H]1CO. The Balaban J connectivity index is 2.31. The van der Waals surface area contributed by atoms with E-state index in [2.05, 4.69) is 10.6 Å². The van der Waals surface area contributed by atoms with Gasteiger partial charge in [0.15, 0.2) is 0 Å². The molecule has 0 bridgehead atoms. The van der Waals surface area contributed by atoms with Gasteiger partial charge in [0.25, 0.3) is 0 Å². The molecule has 2 atom stereocenters. The molecule has 5 heteroatoms. The van der Waals surface area contributed by atoms with Crippen molar-refractivity contribution in [2.75, 3.05) is 26.2 Å². The first-order valence-corrected chi connectivity index (χ1v) is 6.21. The summed E-state index contributed by atoms with van der Waals surface area (Å²) < 4.78 is 5.17. The minimum absolute atomic E-state index is 0.160. The van der Waals surface area contributed by atoms with E-state index >= 15 is 0 Å². The largest absolute Gasteiger partial charge is 0.444 e. The summed E-state index contributed by atoms with van der Waals surface area (Å²) in [6, 6.07) is 0. The minimum atomic E-state index is -0.464. The van der Waals surface area contributed by atoms with Gasteiger partial charge in [-0.05, 0) is 45.6 Å². The lowest BCUT2D eigenvalue weighted by atomic mass is 9.87. The van der Waals surface area contributed by atoms with Crippen molar-refractivity contribution in [3.8, 4) is 0 Å². The minimum Gasteiger partial charge on any atom is -0.444 e. The molecule has 0 unspecified atom stereocenters. The highest BCUT2D eigenvalue weighted by Gasteiger charge is 2.25. The number of carbonyl (C=O) groups is 1. The first kappa shape index (κ1) is 14.3. The van der Waals surface area contributed by atoms with Gasteiger partial charge in [-0.2, -0.15) is 0 Å². The zero-order valence-corrected chi connectivity index (χ0v) is 11.0. The molecule has 5 nitrogen and oxygen atoms in total. The zero-order valence-electron chi connectivity index (χ0n) is 11.0. The lowest BCUT2D eigenvalue weighted by molar-refractivity contribution is 0.0497. The summed E-state index contributed by atoms with van der Waals surface area (Å²) in [5, 5.41) is 15.2. The fourth-order valence-electron chi connectivity index (χ4n) is 1.99. The summed E-state index contributed by atoms with van der Waals surface area (Å²) in [5.41, 5.74) is -0.464. The fourth-order valence-corrected chi connectivity index (χ4v) is 1.99. The quantitative estimate of drug-likeness (QED) is 0.684. The molecule has 0 saturated carbocycles. The van der Waals surface area contributed by atoms with Crippen molar-refractivity contribution in [1.82, 2.24) is 10.6 Å². The van der Waals surface area contributed by atoms with Crippen molar-refractivity contribution in [3.63, 3.8) is 0 Å². The average molecular weight is 244 g/mol. The number of hydrogen-bond donors (Lipinski definition) is 3. The predicted molar refractivity (Wildman–Crippen MR) is 65.8 cm³/mol. The van der Waals surface area contributed by atoms with Gasteiger partial charge in [0.2, 0.25) is 0 Å². The Bertz CT molecular complexity index is 251. The van der Waals surface area contributed by atoms with Crippen molar-refractivity contribution in [3.05, 3.63) is 0 Å². The fraction of sp³-hybridized carbons (Fsp3) is 0.917. The number of piperidine rings is 1. The van der Waals surface area contributed by atoms with Crippen LogP contribution in [-0.4, -0.2) is 43.0 Å². The molecule has 0 spiro atoms. The summed E-state index contributed by atoms with van der Waals surface area (Å²) in [6.07, 6.45) is 0.592. The van der Waals surface area contributed by atoms with Gasteiger partial charge in [0.05, 0.1) is 0 Å². The molecule has 0 aromatic heterocycles. The molecular formula is C12H24N2O3. The van der Waals surface area contributed by atoms with E-state index in [0.29, 0.717) is 12.5 Å². The van der Waals surface area contributed by atoms with Gasteiger partial charge in [-0.25, -0.2) is 4.79 Å². The highest BCUT2D eigenvalue weighted by molar-refractivity contribution is 5.67. The van der Waals surface area contributed by atoms with E-state index in [9.17, 15) is 9.90 Å². The molecule has 100 valence electrons. The van der Waals surface area contributed by atoms with Crippen LogP contribution in [-0.2, 0) is 4.74 Å². The Hall–Kier alpha value is -0.810. The number of aliphatic hydroxyl groups excluding tert-OH is 1. The normalized spacial score (nSPS) is 25.4. The highest BCUT2D eigenvalue weighted by atomic mass is 16.6. The van der Waals surface area contributed by atoms with Crippen LogP contribution in [0.15, 0.2) is 0 Å². The maximum absolute atomic E-state index is 11.5. The number of hydrogen-bond acceptors (Lipinski definition) is 4. The third-order valence-corrected chi connectivity index (χ3v) is 2.91. The van der Waals surface area contributed by atoms with Crippen molar-refractivity contribution in [2.24, 2.45) is 11.8 Å². The molecule has 1 fully saturated rings. The highest BCUT2D eigenvalue weighted by Crippen LogP contribution is 2.18. The molecule has 0 aromatic rings. The molecule has 0 aliphatic carbocycles. The van der Waals surface area contributed by atoms with Crippen LogP contribution in [0.2, 0.25) is 0 Å². The molecule has 3 N–H and O–H groups in total. The van der Waals surface area contributed by atoms with Crippen LogP contribution in [0, 0.1) is 11.8 Å². The van der Waals surface area contributed by atoms with Crippen molar-refractivity contribution in [2.45, 2.75) is 32.8 Å². The van der Waals surface area contributed by atoms with Crippen LogP contribution in [0.1, 0.15) is 27.2 Å². The Morgan fingerprint density at radius 3 is 2.76 bits per heavy atom. The molecule has 1 aliphatic rings. The number of alkyl carbamates (subject to hydrolysis) is 1. The Labute approximate surface area is 103 Å². The second kappa shape index (κ2) is 6.21. The van der Waals surface area contributed by atoms with Gasteiger partial charge in [0.1, 0.15) is 5.60 Å². The summed E-state index contributed by atoms with van der Waals surface area (Å²) in [6.45, 7) is 8.01. The van der Waals surface area contributed by atoms with Crippen molar-refractivity contribution >= 4 is 6.09 Å². The lowest BCUT2D eigenvalue weighted by Gasteiger charge is -2.31. The molecule has 0 radical (unpaired) electrons. The summed E-state index contributed by atoms with van der Waals surface area (Å²) in [5.74, 6) is 0.549. The summed E-state index contributed by atoms with van der Waals surface area (Å²) in [4.78, 5) is 11.5. The number of rotatable bonds is 3. The number of amides is 1. The molecule has 1 saturated heterocycles. The Morgan fingerprint density at radius 2 is 2.18 bits per heavy atom. The van der Waals surface area contributed by atoms with Gasteiger partial charge in [-0.1, -0.05) is 0 Å². The van der Waals surface area contributed by atoms with Crippen molar-refractivity contribution in [1.29, 1.82) is 0 Å².